The number of carbonyl (C=O) groups excluding carboxylic acids is 1. The number of ether oxygens (including phenoxy) is 2. The van der Waals surface area contributed by atoms with Crippen LogP contribution in [-0.2, 0) is 14.3 Å². The highest BCUT2D eigenvalue weighted by atomic mass is 16.7. The van der Waals surface area contributed by atoms with E-state index in [0.717, 1.165) is 51.4 Å². The van der Waals surface area contributed by atoms with Gasteiger partial charge in [0.25, 0.3) is 0 Å². The lowest BCUT2D eigenvalue weighted by Gasteiger charge is -2.40. The number of aliphatic hydroxyl groups excluding tert-OH is 5. The molecule has 1 saturated heterocycles. The van der Waals surface area contributed by atoms with Crippen molar-refractivity contribution in [3.8, 4) is 0 Å². The van der Waals surface area contributed by atoms with Crippen LogP contribution in [0.4, 0.5) is 0 Å². The summed E-state index contributed by atoms with van der Waals surface area (Å²) >= 11 is 0. The number of nitrogens with one attached hydrogen (secondary N) is 1. The van der Waals surface area contributed by atoms with Crippen molar-refractivity contribution in [1.82, 2.24) is 5.32 Å². The second-order valence-electron chi connectivity index (χ2n) is 15.1. The van der Waals surface area contributed by atoms with Gasteiger partial charge >= 0.3 is 0 Å². The molecule has 0 aromatic rings. The highest BCUT2D eigenvalue weighted by molar-refractivity contribution is 5.76. The normalized spacial score (nSPS) is 22.0. The molecule has 0 saturated carbocycles. The monoisotopic (exact) mass is 752 g/mol. The van der Waals surface area contributed by atoms with Crippen LogP contribution < -0.4 is 5.32 Å². The molecule has 0 aromatic heterocycles. The lowest BCUT2D eigenvalue weighted by atomic mass is 9.99. The van der Waals surface area contributed by atoms with Crippen LogP contribution in [-0.4, -0.2) is 87.5 Å². The van der Waals surface area contributed by atoms with E-state index in [1.807, 2.05) is 6.08 Å². The molecule has 9 nitrogen and oxygen atoms in total. The van der Waals surface area contributed by atoms with Gasteiger partial charge in [-0.2, -0.15) is 0 Å². The van der Waals surface area contributed by atoms with E-state index >= 15 is 0 Å². The van der Waals surface area contributed by atoms with Crippen molar-refractivity contribution in [3.05, 3.63) is 36.5 Å². The molecule has 0 aromatic carbocycles. The molecule has 0 aliphatic carbocycles. The number of amides is 1. The minimum atomic E-state index is -1.57. The molecule has 1 amide bonds. The Morgan fingerprint density at radius 1 is 0.623 bits per heavy atom. The molecule has 1 heterocycles. The Hall–Kier alpha value is -1.59. The molecule has 0 bridgehead atoms. The van der Waals surface area contributed by atoms with E-state index in [-0.39, 0.29) is 12.5 Å². The smallest absolute Gasteiger partial charge is 0.220 e. The van der Waals surface area contributed by atoms with Crippen LogP contribution in [0.1, 0.15) is 181 Å². The van der Waals surface area contributed by atoms with Crippen LogP contribution in [0.15, 0.2) is 36.5 Å². The van der Waals surface area contributed by atoms with E-state index < -0.39 is 49.5 Å². The Morgan fingerprint density at radius 3 is 1.58 bits per heavy atom. The molecule has 1 fully saturated rings. The number of carbonyl (C=O) groups is 1. The number of rotatable bonds is 35. The Kier molecular flexibility index (Phi) is 32.5. The second kappa shape index (κ2) is 34.9. The fourth-order valence-electron chi connectivity index (χ4n) is 6.66. The Balaban J connectivity index is 2.40. The topological polar surface area (TPSA) is 149 Å². The van der Waals surface area contributed by atoms with E-state index in [0.29, 0.717) is 6.42 Å². The molecular weight excluding hydrogens is 670 g/mol. The van der Waals surface area contributed by atoms with Crippen LogP contribution in [0.25, 0.3) is 0 Å². The molecule has 53 heavy (non-hydrogen) atoms. The van der Waals surface area contributed by atoms with E-state index in [1.165, 1.54) is 109 Å². The average molecular weight is 752 g/mol. The molecule has 1 rings (SSSR count). The van der Waals surface area contributed by atoms with Gasteiger partial charge in [0, 0.05) is 6.42 Å². The van der Waals surface area contributed by atoms with Gasteiger partial charge in [-0.1, -0.05) is 166 Å². The summed E-state index contributed by atoms with van der Waals surface area (Å²) in [5.41, 5.74) is 0. The average Bonchev–Trinajstić information content (AvgIpc) is 3.16. The summed E-state index contributed by atoms with van der Waals surface area (Å²) in [4.78, 5) is 12.9. The summed E-state index contributed by atoms with van der Waals surface area (Å²) in [6, 6.07) is -0.823. The van der Waals surface area contributed by atoms with Crippen LogP contribution in [0.3, 0.4) is 0 Å². The van der Waals surface area contributed by atoms with Crippen molar-refractivity contribution in [1.29, 1.82) is 0 Å². The Morgan fingerprint density at radius 2 is 1.08 bits per heavy atom. The standard InChI is InChI=1S/C44H81NO8/c1-3-5-7-9-11-13-15-17-18-19-20-22-24-26-28-30-32-34-40(48)45-37(36-52-44-43(51)42(50)41(49)39(35-46)53-44)38(47)33-31-29-27-25-23-21-16-14-12-10-8-6-4-2/h12,14,23,25,31,33,37-39,41-44,46-47,49-51H,3-11,13,15-22,24,26-30,32,34-36H2,1-2H3,(H,45,48)/b14-12+,25-23+,33-31+. The van der Waals surface area contributed by atoms with Gasteiger partial charge in [0.1, 0.15) is 24.4 Å². The second-order valence-corrected chi connectivity index (χ2v) is 15.1. The number of aliphatic hydroxyl groups is 5. The van der Waals surface area contributed by atoms with E-state index in [9.17, 15) is 30.3 Å². The Bertz CT molecular complexity index is 925. The largest absolute Gasteiger partial charge is 0.394 e. The van der Waals surface area contributed by atoms with Gasteiger partial charge in [0.05, 0.1) is 25.4 Å². The molecule has 1 aliphatic heterocycles. The van der Waals surface area contributed by atoms with Gasteiger partial charge in [-0.05, 0) is 44.9 Å². The molecule has 0 spiro atoms. The number of hydrogen-bond donors (Lipinski definition) is 6. The lowest BCUT2D eigenvalue weighted by molar-refractivity contribution is -0.302. The number of hydrogen-bond acceptors (Lipinski definition) is 8. The van der Waals surface area contributed by atoms with Gasteiger partial charge in [-0.25, -0.2) is 0 Å². The predicted octanol–water partition coefficient (Wildman–Crippen LogP) is 8.50. The first-order valence-electron chi connectivity index (χ1n) is 21.7. The molecule has 6 N–H and O–H groups in total. The minimum Gasteiger partial charge on any atom is -0.394 e. The summed E-state index contributed by atoms with van der Waals surface area (Å²) in [6.07, 6.45) is 34.7. The van der Waals surface area contributed by atoms with Crippen LogP contribution in [0.5, 0.6) is 0 Å². The third-order valence-corrected chi connectivity index (χ3v) is 10.2. The summed E-state index contributed by atoms with van der Waals surface area (Å²) in [5, 5.41) is 54.0. The van der Waals surface area contributed by atoms with Crippen molar-refractivity contribution >= 4 is 5.91 Å². The third-order valence-electron chi connectivity index (χ3n) is 10.2. The van der Waals surface area contributed by atoms with E-state index in [2.05, 4.69) is 43.5 Å². The lowest BCUT2D eigenvalue weighted by Crippen LogP contribution is -2.60. The maximum atomic E-state index is 12.9. The number of unbranched alkanes of at least 4 members (excludes halogenated alkanes) is 21. The summed E-state index contributed by atoms with van der Waals surface area (Å²) < 4.78 is 11.2. The highest BCUT2D eigenvalue weighted by Crippen LogP contribution is 2.22. The van der Waals surface area contributed by atoms with Crippen LogP contribution in [0, 0.1) is 0 Å². The van der Waals surface area contributed by atoms with Crippen molar-refractivity contribution in [2.45, 2.75) is 224 Å². The Labute approximate surface area is 323 Å². The summed E-state index contributed by atoms with van der Waals surface area (Å²) in [7, 11) is 0. The first-order chi connectivity index (χ1) is 25.8. The van der Waals surface area contributed by atoms with Crippen molar-refractivity contribution in [2.24, 2.45) is 0 Å². The fraction of sp³-hybridized carbons (Fsp3) is 0.841. The zero-order chi connectivity index (χ0) is 38.8. The van der Waals surface area contributed by atoms with Gasteiger partial charge in [-0.3, -0.25) is 4.79 Å². The van der Waals surface area contributed by atoms with E-state index in [4.69, 9.17) is 9.47 Å². The zero-order valence-electron chi connectivity index (χ0n) is 33.8. The maximum absolute atomic E-state index is 12.9. The highest BCUT2D eigenvalue weighted by Gasteiger charge is 2.44. The predicted molar refractivity (Wildman–Crippen MR) is 216 cm³/mol. The van der Waals surface area contributed by atoms with Crippen LogP contribution in [0.2, 0.25) is 0 Å². The molecule has 0 radical (unpaired) electrons. The molecule has 1 aliphatic rings. The van der Waals surface area contributed by atoms with E-state index in [1.54, 1.807) is 6.08 Å². The first-order valence-corrected chi connectivity index (χ1v) is 21.7. The maximum Gasteiger partial charge on any atom is 0.220 e. The molecule has 310 valence electrons. The molecule has 7 unspecified atom stereocenters. The van der Waals surface area contributed by atoms with Gasteiger partial charge in [0.2, 0.25) is 5.91 Å². The quantitative estimate of drug-likeness (QED) is 0.0279. The summed E-state index contributed by atoms with van der Waals surface area (Å²) in [6.45, 7) is 3.71. The van der Waals surface area contributed by atoms with Gasteiger partial charge in [0.15, 0.2) is 6.29 Å². The van der Waals surface area contributed by atoms with Crippen molar-refractivity contribution in [3.63, 3.8) is 0 Å². The SMILES string of the molecule is CCCCC/C=C/CC/C=C/CC/C=C/C(O)C(COC1OC(CO)C(O)C(O)C1O)NC(=O)CCCCCCCCCCCCCCCCCCC. The van der Waals surface area contributed by atoms with Gasteiger partial charge < -0.3 is 40.3 Å². The first kappa shape index (κ1) is 49.4. The van der Waals surface area contributed by atoms with Gasteiger partial charge in [-0.15, -0.1) is 0 Å². The third kappa shape index (κ3) is 26.0. The fourth-order valence-corrected chi connectivity index (χ4v) is 6.66. The van der Waals surface area contributed by atoms with Crippen LogP contribution >= 0.6 is 0 Å². The zero-order valence-corrected chi connectivity index (χ0v) is 33.8. The van der Waals surface area contributed by atoms with Crippen molar-refractivity contribution in [2.75, 3.05) is 13.2 Å². The minimum absolute atomic E-state index is 0.192. The molecular formula is C44H81NO8. The summed E-state index contributed by atoms with van der Waals surface area (Å²) in [5.74, 6) is -0.192. The molecule has 7 atom stereocenters. The number of allylic oxidation sites excluding steroid dienone is 5. The van der Waals surface area contributed by atoms with Crippen molar-refractivity contribution < 1.29 is 39.8 Å². The molecule has 9 heteroatoms.